The van der Waals surface area contributed by atoms with Gasteiger partial charge in [-0.05, 0) is 36.8 Å². The maximum absolute atomic E-state index is 12.7. The van der Waals surface area contributed by atoms with Crippen molar-refractivity contribution >= 4 is 34.0 Å². The molecule has 3 rings (SSSR count). The fourth-order valence-corrected chi connectivity index (χ4v) is 2.82. The van der Waals surface area contributed by atoms with Crippen molar-refractivity contribution in [2.45, 2.75) is 6.92 Å². The molecule has 0 bridgehead atoms. The van der Waals surface area contributed by atoms with Crippen LogP contribution in [0.15, 0.2) is 42.6 Å². The number of benzene rings is 2. The second-order valence-corrected chi connectivity index (χ2v) is 5.71. The third-order valence-corrected chi connectivity index (χ3v) is 3.79. The number of halogens is 1. The van der Waals surface area contributed by atoms with Gasteiger partial charge in [0.05, 0.1) is 0 Å². The van der Waals surface area contributed by atoms with Crippen LogP contribution in [-0.2, 0) is 7.05 Å². The summed E-state index contributed by atoms with van der Waals surface area (Å²) in [4.78, 5) is 12.7. The minimum absolute atomic E-state index is 0.0707. The van der Waals surface area contributed by atoms with E-state index >= 15 is 0 Å². The topological polar surface area (TPSA) is 48.0 Å². The molecule has 0 atom stereocenters. The number of nitrogens with two attached hydrogens (primary N) is 1. The van der Waals surface area contributed by atoms with E-state index in [2.05, 4.69) is 6.07 Å². The number of carbonyl (C=O) groups excluding carboxylic acids is 1. The summed E-state index contributed by atoms with van der Waals surface area (Å²) >= 11 is 5.99. The molecule has 21 heavy (non-hydrogen) atoms. The summed E-state index contributed by atoms with van der Waals surface area (Å²) in [6, 6.07) is 11.0. The monoisotopic (exact) mass is 298 g/mol. The molecule has 3 nitrogen and oxygen atoms in total. The number of hydrogen-bond donors (Lipinski definition) is 1. The molecule has 0 saturated heterocycles. The molecule has 2 aromatic carbocycles. The van der Waals surface area contributed by atoms with E-state index < -0.39 is 0 Å². The van der Waals surface area contributed by atoms with E-state index in [1.165, 1.54) is 0 Å². The maximum atomic E-state index is 12.7. The third-order valence-electron chi connectivity index (χ3n) is 3.57. The lowest BCUT2D eigenvalue weighted by molar-refractivity contribution is 0.104. The Morgan fingerprint density at radius 3 is 2.67 bits per heavy atom. The number of nitrogen functional groups attached to an aromatic ring is 1. The molecule has 0 amide bonds. The van der Waals surface area contributed by atoms with Crippen LogP contribution in [0.25, 0.3) is 10.9 Å². The summed E-state index contributed by atoms with van der Waals surface area (Å²) in [5.41, 5.74) is 9.63. The van der Waals surface area contributed by atoms with E-state index in [1.54, 1.807) is 18.2 Å². The van der Waals surface area contributed by atoms with Gasteiger partial charge in [0.15, 0.2) is 5.78 Å². The molecule has 106 valence electrons. The number of nitrogens with zero attached hydrogens (tertiary/aromatic N) is 1. The van der Waals surface area contributed by atoms with Crippen LogP contribution >= 0.6 is 11.6 Å². The van der Waals surface area contributed by atoms with Crippen LogP contribution in [0, 0.1) is 6.92 Å². The van der Waals surface area contributed by atoms with Gasteiger partial charge in [0.2, 0.25) is 0 Å². The Morgan fingerprint density at radius 2 is 1.95 bits per heavy atom. The van der Waals surface area contributed by atoms with Crippen LogP contribution in [0.3, 0.4) is 0 Å². The number of aryl methyl sites for hydroxylation is 2. The summed E-state index contributed by atoms with van der Waals surface area (Å²) in [6.07, 6.45) is 1.85. The van der Waals surface area contributed by atoms with Gasteiger partial charge in [0.1, 0.15) is 0 Å². The lowest BCUT2D eigenvalue weighted by Gasteiger charge is -2.03. The molecule has 0 unspecified atom stereocenters. The number of carbonyl (C=O) groups is 1. The van der Waals surface area contributed by atoms with Crippen molar-refractivity contribution in [1.82, 2.24) is 4.57 Å². The zero-order valence-corrected chi connectivity index (χ0v) is 12.6. The van der Waals surface area contributed by atoms with E-state index in [-0.39, 0.29) is 5.78 Å². The number of aromatic nitrogens is 1. The number of anilines is 1. The predicted octanol–water partition coefficient (Wildman–Crippen LogP) is 3.95. The highest BCUT2D eigenvalue weighted by atomic mass is 35.5. The first-order valence-electron chi connectivity index (χ1n) is 6.62. The highest BCUT2D eigenvalue weighted by Crippen LogP contribution is 2.26. The van der Waals surface area contributed by atoms with Gasteiger partial charge in [-0.15, -0.1) is 0 Å². The molecular formula is C17H15ClN2O. The van der Waals surface area contributed by atoms with Gasteiger partial charge < -0.3 is 10.3 Å². The van der Waals surface area contributed by atoms with Crippen molar-refractivity contribution in [2.75, 3.05) is 5.73 Å². The van der Waals surface area contributed by atoms with Crippen molar-refractivity contribution in [3.8, 4) is 0 Å². The van der Waals surface area contributed by atoms with Gasteiger partial charge in [-0.1, -0.05) is 23.7 Å². The van der Waals surface area contributed by atoms with Crippen molar-refractivity contribution in [1.29, 1.82) is 0 Å². The minimum Gasteiger partial charge on any atom is -0.399 e. The molecule has 1 aromatic heterocycles. The normalized spacial score (nSPS) is 11.0. The quantitative estimate of drug-likeness (QED) is 0.575. The average Bonchev–Trinajstić information content (AvgIpc) is 2.74. The third kappa shape index (κ3) is 2.41. The predicted molar refractivity (Wildman–Crippen MR) is 87.0 cm³/mol. The molecule has 2 N–H and O–H groups in total. The van der Waals surface area contributed by atoms with Crippen molar-refractivity contribution in [3.05, 3.63) is 64.3 Å². The molecule has 1 heterocycles. The largest absolute Gasteiger partial charge is 0.399 e. The Bertz CT molecular complexity index is 844. The lowest BCUT2D eigenvalue weighted by Crippen LogP contribution is -2.01. The van der Waals surface area contributed by atoms with Crippen molar-refractivity contribution in [3.63, 3.8) is 0 Å². The van der Waals surface area contributed by atoms with Crippen LogP contribution < -0.4 is 5.73 Å². The maximum Gasteiger partial charge on any atom is 0.195 e. The van der Waals surface area contributed by atoms with Crippen molar-refractivity contribution < 1.29 is 4.79 Å². The molecule has 4 heteroatoms. The van der Waals surface area contributed by atoms with Crippen LogP contribution in [0.1, 0.15) is 21.5 Å². The fraction of sp³-hybridized carbons (Fsp3) is 0.118. The van der Waals surface area contributed by atoms with Crippen LogP contribution in [0.5, 0.6) is 0 Å². The van der Waals surface area contributed by atoms with Crippen LogP contribution in [0.2, 0.25) is 5.02 Å². The van der Waals surface area contributed by atoms with E-state index in [1.807, 2.05) is 36.9 Å². The second kappa shape index (κ2) is 4.93. The Hall–Kier alpha value is -2.26. The Kier molecular flexibility index (Phi) is 3.22. The highest BCUT2D eigenvalue weighted by Gasteiger charge is 2.16. The Labute approximate surface area is 127 Å². The first-order chi connectivity index (χ1) is 9.95. The number of fused-ring (bicyclic) bond motifs is 1. The summed E-state index contributed by atoms with van der Waals surface area (Å²) in [5, 5.41) is 1.40. The fourth-order valence-electron chi connectivity index (χ4n) is 2.57. The molecule has 0 aliphatic carbocycles. The molecule has 0 fully saturated rings. The zero-order chi connectivity index (χ0) is 15.1. The van der Waals surface area contributed by atoms with Crippen LogP contribution in [-0.4, -0.2) is 10.4 Å². The molecule has 0 saturated carbocycles. The van der Waals surface area contributed by atoms with Gasteiger partial charge in [-0.25, -0.2) is 0 Å². The van der Waals surface area contributed by atoms with Crippen molar-refractivity contribution in [2.24, 2.45) is 7.05 Å². The summed E-state index contributed by atoms with van der Waals surface area (Å²) in [6.45, 7) is 2.03. The first kappa shape index (κ1) is 13.7. The average molecular weight is 299 g/mol. The molecule has 0 aliphatic heterocycles. The highest BCUT2D eigenvalue weighted by molar-refractivity contribution is 6.31. The van der Waals surface area contributed by atoms with Gasteiger partial charge in [-0.3, -0.25) is 4.79 Å². The van der Waals surface area contributed by atoms with E-state index in [0.29, 0.717) is 21.8 Å². The Balaban J connectivity index is 2.18. The summed E-state index contributed by atoms with van der Waals surface area (Å²) in [7, 11) is 1.94. The second-order valence-electron chi connectivity index (χ2n) is 5.28. The number of hydrogen-bond acceptors (Lipinski definition) is 2. The lowest BCUT2D eigenvalue weighted by atomic mass is 10.0. The SMILES string of the molecule is Cc1ccc2c(C(=O)c3cc(N)cc(Cl)c3)cn(C)c2c1. The minimum atomic E-state index is -0.0707. The van der Waals surface area contributed by atoms with Gasteiger partial charge in [0.25, 0.3) is 0 Å². The first-order valence-corrected chi connectivity index (χ1v) is 7.00. The number of rotatable bonds is 2. The molecular weight excluding hydrogens is 284 g/mol. The smallest absolute Gasteiger partial charge is 0.195 e. The van der Waals surface area contributed by atoms with E-state index in [4.69, 9.17) is 17.3 Å². The zero-order valence-electron chi connectivity index (χ0n) is 11.9. The summed E-state index contributed by atoms with van der Waals surface area (Å²) in [5.74, 6) is -0.0707. The molecule has 3 aromatic rings. The number of ketones is 1. The Morgan fingerprint density at radius 1 is 1.19 bits per heavy atom. The summed E-state index contributed by atoms with van der Waals surface area (Å²) < 4.78 is 1.96. The molecule has 0 radical (unpaired) electrons. The van der Waals surface area contributed by atoms with Gasteiger partial charge >= 0.3 is 0 Å². The van der Waals surface area contributed by atoms with E-state index in [9.17, 15) is 4.79 Å². The van der Waals surface area contributed by atoms with E-state index in [0.717, 1.165) is 16.5 Å². The standard InChI is InChI=1S/C17H15ClN2O/c1-10-3-4-14-15(9-20(2)16(14)5-10)17(21)11-6-12(18)8-13(19)7-11/h3-9H,19H2,1-2H3. The van der Waals surface area contributed by atoms with Gasteiger partial charge in [0, 0.05) is 46.0 Å². The molecule has 0 aliphatic rings. The molecule has 0 spiro atoms. The van der Waals surface area contributed by atoms with Gasteiger partial charge in [-0.2, -0.15) is 0 Å². The van der Waals surface area contributed by atoms with Crippen LogP contribution in [0.4, 0.5) is 5.69 Å².